The first-order chi connectivity index (χ1) is 12.4. The number of amides is 2. The molecular formula is C17H19N3O5S. The Bertz CT molecular complexity index is 858. The van der Waals surface area contributed by atoms with Gasteiger partial charge in [-0.2, -0.15) is 0 Å². The Balaban J connectivity index is 1.85. The Morgan fingerprint density at radius 1 is 1.12 bits per heavy atom. The lowest BCUT2D eigenvalue weighted by atomic mass is 10.2. The molecule has 0 radical (unpaired) electrons. The van der Waals surface area contributed by atoms with Crippen molar-refractivity contribution in [2.24, 2.45) is 0 Å². The van der Waals surface area contributed by atoms with E-state index < -0.39 is 15.9 Å². The standard InChI is InChI=1S/C17H19N3O5S/c1-2-9-20-26(23,24)15-7-5-13(6-8-15)17(22)19-12-16(21)18-11-14-4-3-10-25-14/h2-8,10,20H,1,9,11-12H2,(H,18,21)(H,19,22). The third kappa shape index (κ3) is 5.57. The van der Waals surface area contributed by atoms with E-state index in [2.05, 4.69) is 21.9 Å². The second-order valence-electron chi connectivity index (χ2n) is 5.20. The number of benzene rings is 1. The van der Waals surface area contributed by atoms with Gasteiger partial charge in [-0.1, -0.05) is 6.08 Å². The predicted octanol–water partition coefficient (Wildman–Crippen LogP) is 0.790. The fraction of sp³-hybridized carbons (Fsp3) is 0.176. The summed E-state index contributed by atoms with van der Waals surface area (Å²) >= 11 is 0. The number of rotatable bonds is 9. The molecule has 2 aromatic rings. The van der Waals surface area contributed by atoms with E-state index in [1.54, 1.807) is 12.1 Å². The Morgan fingerprint density at radius 2 is 1.85 bits per heavy atom. The molecule has 0 aliphatic heterocycles. The van der Waals surface area contributed by atoms with Gasteiger partial charge in [-0.3, -0.25) is 9.59 Å². The van der Waals surface area contributed by atoms with Crippen LogP contribution in [0, 0.1) is 0 Å². The van der Waals surface area contributed by atoms with E-state index >= 15 is 0 Å². The van der Waals surface area contributed by atoms with Crippen molar-refractivity contribution in [2.75, 3.05) is 13.1 Å². The predicted molar refractivity (Wildman–Crippen MR) is 94.7 cm³/mol. The molecule has 0 aliphatic rings. The Kier molecular flexibility index (Phi) is 6.70. The monoisotopic (exact) mass is 377 g/mol. The number of hydrogen-bond donors (Lipinski definition) is 3. The molecule has 2 amide bonds. The van der Waals surface area contributed by atoms with Crippen molar-refractivity contribution in [3.8, 4) is 0 Å². The van der Waals surface area contributed by atoms with Gasteiger partial charge < -0.3 is 15.1 Å². The summed E-state index contributed by atoms with van der Waals surface area (Å²) in [5.41, 5.74) is 0.242. The van der Waals surface area contributed by atoms with E-state index in [0.717, 1.165) is 0 Å². The Hall–Kier alpha value is -2.91. The van der Waals surface area contributed by atoms with E-state index in [9.17, 15) is 18.0 Å². The lowest BCUT2D eigenvalue weighted by Gasteiger charge is -2.08. The number of furan rings is 1. The normalized spacial score (nSPS) is 10.9. The van der Waals surface area contributed by atoms with Crippen molar-refractivity contribution in [3.63, 3.8) is 0 Å². The van der Waals surface area contributed by atoms with Gasteiger partial charge >= 0.3 is 0 Å². The van der Waals surface area contributed by atoms with E-state index in [1.807, 2.05) is 0 Å². The van der Waals surface area contributed by atoms with Crippen molar-refractivity contribution in [3.05, 3.63) is 66.6 Å². The second kappa shape index (κ2) is 8.97. The summed E-state index contributed by atoms with van der Waals surface area (Å²) in [6.07, 6.45) is 2.93. The molecule has 0 unspecified atom stereocenters. The van der Waals surface area contributed by atoms with Gasteiger partial charge in [0.2, 0.25) is 15.9 Å². The molecule has 0 fully saturated rings. The van der Waals surface area contributed by atoms with Crippen LogP contribution in [-0.2, 0) is 21.4 Å². The second-order valence-corrected chi connectivity index (χ2v) is 6.97. The number of nitrogens with one attached hydrogen (secondary N) is 3. The molecule has 0 aliphatic carbocycles. The highest BCUT2D eigenvalue weighted by Crippen LogP contribution is 2.10. The highest BCUT2D eigenvalue weighted by Gasteiger charge is 2.14. The Morgan fingerprint density at radius 3 is 2.46 bits per heavy atom. The van der Waals surface area contributed by atoms with Crippen molar-refractivity contribution < 1.29 is 22.4 Å². The average molecular weight is 377 g/mol. The van der Waals surface area contributed by atoms with Gasteiger partial charge in [0, 0.05) is 12.1 Å². The number of carbonyl (C=O) groups excluding carboxylic acids is 2. The van der Waals surface area contributed by atoms with Crippen molar-refractivity contribution in [1.82, 2.24) is 15.4 Å². The Labute approximate surface area is 151 Å². The minimum atomic E-state index is -3.65. The zero-order chi connectivity index (χ0) is 19.0. The quantitative estimate of drug-likeness (QED) is 0.559. The number of sulfonamides is 1. The van der Waals surface area contributed by atoms with Gasteiger partial charge in [-0.25, -0.2) is 13.1 Å². The molecule has 0 saturated carbocycles. The van der Waals surface area contributed by atoms with Gasteiger partial charge in [0.1, 0.15) is 5.76 Å². The molecule has 0 bridgehead atoms. The average Bonchev–Trinajstić information content (AvgIpc) is 3.16. The first-order valence-electron chi connectivity index (χ1n) is 7.70. The van der Waals surface area contributed by atoms with Crippen LogP contribution in [-0.4, -0.2) is 33.3 Å². The zero-order valence-electron chi connectivity index (χ0n) is 13.9. The lowest BCUT2D eigenvalue weighted by Crippen LogP contribution is -2.36. The van der Waals surface area contributed by atoms with Crippen LogP contribution < -0.4 is 15.4 Å². The molecule has 0 spiro atoms. The summed E-state index contributed by atoms with van der Waals surface area (Å²) in [4.78, 5) is 23.8. The highest BCUT2D eigenvalue weighted by molar-refractivity contribution is 7.89. The molecule has 26 heavy (non-hydrogen) atoms. The molecular weight excluding hydrogens is 358 g/mol. The summed E-state index contributed by atoms with van der Waals surface area (Å²) < 4.78 is 31.3. The fourth-order valence-electron chi connectivity index (χ4n) is 1.96. The lowest BCUT2D eigenvalue weighted by molar-refractivity contribution is -0.120. The summed E-state index contributed by atoms with van der Waals surface area (Å²) in [7, 11) is -3.65. The fourth-order valence-corrected chi connectivity index (χ4v) is 2.96. The molecule has 8 nitrogen and oxygen atoms in total. The van der Waals surface area contributed by atoms with Crippen molar-refractivity contribution >= 4 is 21.8 Å². The van der Waals surface area contributed by atoms with E-state index in [1.165, 1.54) is 36.6 Å². The molecule has 1 aromatic carbocycles. The number of hydrogen-bond acceptors (Lipinski definition) is 5. The number of carbonyl (C=O) groups is 2. The van der Waals surface area contributed by atoms with Gasteiger partial charge in [-0.15, -0.1) is 6.58 Å². The van der Waals surface area contributed by atoms with E-state index in [0.29, 0.717) is 5.76 Å². The molecule has 3 N–H and O–H groups in total. The SMILES string of the molecule is C=CCNS(=O)(=O)c1ccc(C(=O)NCC(=O)NCc2ccco2)cc1. The van der Waals surface area contributed by atoms with Gasteiger partial charge in [0.25, 0.3) is 5.91 Å². The molecule has 138 valence electrons. The van der Waals surface area contributed by atoms with Crippen LogP contribution >= 0.6 is 0 Å². The van der Waals surface area contributed by atoms with Crippen LogP contribution in [0.3, 0.4) is 0 Å². The largest absolute Gasteiger partial charge is 0.467 e. The maximum atomic E-state index is 12.0. The molecule has 0 saturated heterocycles. The summed E-state index contributed by atoms with van der Waals surface area (Å²) in [6.45, 7) is 3.57. The van der Waals surface area contributed by atoms with Gasteiger partial charge in [-0.05, 0) is 36.4 Å². The summed E-state index contributed by atoms with van der Waals surface area (Å²) in [6, 6.07) is 8.81. The van der Waals surface area contributed by atoms with Crippen molar-refractivity contribution in [1.29, 1.82) is 0 Å². The van der Waals surface area contributed by atoms with Crippen LogP contribution in [0.2, 0.25) is 0 Å². The molecule has 0 atom stereocenters. The summed E-state index contributed by atoms with van der Waals surface area (Å²) in [5.74, 6) is -0.254. The highest BCUT2D eigenvalue weighted by atomic mass is 32.2. The maximum absolute atomic E-state index is 12.0. The third-order valence-electron chi connectivity index (χ3n) is 3.29. The van der Waals surface area contributed by atoms with E-state index in [-0.39, 0.29) is 36.0 Å². The van der Waals surface area contributed by atoms with Gasteiger partial charge in [0.15, 0.2) is 0 Å². The molecule has 9 heteroatoms. The van der Waals surface area contributed by atoms with Crippen LogP contribution in [0.15, 0.2) is 64.6 Å². The molecule has 1 heterocycles. The molecule has 1 aromatic heterocycles. The van der Waals surface area contributed by atoms with Gasteiger partial charge in [0.05, 0.1) is 24.2 Å². The minimum Gasteiger partial charge on any atom is -0.467 e. The maximum Gasteiger partial charge on any atom is 0.251 e. The minimum absolute atomic E-state index is 0.0343. The summed E-state index contributed by atoms with van der Waals surface area (Å²) in [5, 5.41) is 5.06. The van der Waals surface area contributed by atoms with Crippen LogP contribution in [0.5, 0.6) is 0 Å². The zero-order valence-corrected chi connectivity index (χ0v) is 14.7. The topological polar surface area (TPSA) is 118 Å². The smallest absolute Gasteiger partial charge is 0.251 e. The van der Waals surface area contributed by atoms with Crippen LogP contribution in [0.25, 0.3) is 0 Å². The third-order valence-corrected chi connectivity index (χ3v) is 4.73. The van der Waals surface area contributed by atoms with Crippen LogP contribution in [0.1, 0.15) is 16.1 Å². The first-order valence-corrected chi connectivity index (χ1v) is 9.18. The van der Waals surface area contributed by atoms with E-state index in [4.69, 9.17) is 4.42 Å². The first kappa shape index (κ1) is 19.4. The van der Waals surface area contributed by atoms with Crippen LogP contribution in [0.4, 0.5) is 0 Å². The van der Waals surface area contributed by atoms with Crippen molar-refractivity contribution in [2.45, 2.75) is 11.4 Å². The molecule has 2 rings (SSSR count).